The highest BCUT2D eigenvalue weighted by Crippen LogP contribution is 2.40. The van der Waals surface area contributed by atoms with Crippen LogP contribution in [-0.2, 0) is 10.2 Å². The third-order valence-corrected chi connectivity index (χ3v) is 5.38. The van der Waals surface area contributed by atoms with Crippen LogP contribution in [0.15, 0.2) is 60.7 Å². The Hall–Kier alpha value is -1.84. The second kappa shape index (κ2) is 7.59. The van der Waals surface area contributed by atoms with Crippen molar-refractivity contribution in [2.45, 2.75) is 37.1 Å². The summed E-state index contributed by atoms with van der Waals surface area (Å²) >= 11 is 0. The van der Waals surface area contributed by atoms with E-state index in [2.05, 4.69) is 66.0 Å². The molecule has 1 aliphatic heterocycles. The number of carbonyl (C=O) groups excluding carboxylic acids is 1. The number of nitrogens with one attached hydrogen (secondary N) is 1. The molecule has 0 spiro atoms. The van der Waals surface area contributed by atoms with Crippen LogP contribution in [0.3, 0.4) is 0 Å². The summed E-state index contributed by atoms with van der Waals surface area (Å²) in [7, 11) is 0. The highest BCUT2D eigenvalue weighted by molar-refractivity contribution is 5.85. The van der Waals surface area contributed by atoms with Gasteiger partial charge in [0.1, 0.15) is 0 Å². The number of likely N-dealkylation sites (tertiary alicyclic amines) is 1. The summed E-state index contributed by atoms with van der Waals surface area (Å²) in [4.78, 5) is 14.5. The number of piperidine rings is 1. The lowest BCUT2D eigenvalue weighted by molar-refractivity contribution is -0.135. The Labute approximate surface area is 155 Å². The van der Waals surface area contributed by atoms with Gasteiger partial charge in [0, 0.05) is 24.4 Å². The van der Waals surface area contributed by atoms with Gasteiger partial charge in [-0.1, -0.05) is 60.7 Å². The van der Waals surface area contributed by atoms with Crippen molar-refractivity contribution >= 4 is 18.3 Å². The minimum absolute atomic E-state index is 0. The van der Waals surface area contributed by atoms with Crippen molar-refractivity contribution in [3.05, 3.63) is 71.8 Å². The molecule has 0 radical (unpaired) electrons. The lowest BCUT2D eigenvalue weighted by Crippen LogP contribution is -2.52. The van der Waals surface area contributed by atoms with Crippen molar-refractivity contribution in [1.82, 2.24) is 10.2 Å². The SMILES string of the molecule is Cl.O=C1CCC(c2ccccc2)(c2ccccc2)CN1CNC1CC1. The third kappa shape index (κ3) is 3.73. The zero-order valence-corrected chi connectivity index (χ0v) is 15.2. The molecule has 1 saturated heterocycles. The number of halogens is 1. The van der Waals surface area contributed by atoms with Gasteiger partial charge in [0.05, 0.1) is 6.67 Å². The molecule has 1 saturated carbocycles. The van der Waals surface area contributed by atoms with E-state index >= 15 is 0 Å². The quantitative estimate of drug-likeness (QED) is 0.885. The molecular formula is C21H25ClN2O. The largest absolute Gasteiger partial charge is 0.329 e. The van der Waals surface area contributed by atoms with Gasteiger partial charge < -0.3 is 4.90 Å². The Morgan fingerprint density at radius 1 is 0.960 bits per heavy atom. The molecule has 4 rings (SSSR count). The average molecular weight is 357 g/mol. The number of benzene rings is 2. The summed E-state index contributed by atoms with van der Waals surface area (Å²) < 4.78 is 0. The number of hydrogen-bond acceptors (Lipinski definition) is 2. The first-order chi connectivity index (χ1) is 11.8. The first-order valence-corrected chi connectivity index (χ1v) is 8.90. The first kappa shape index (κ1) is 18.0. The molecule has 0 bridgehead atoms. The second-order valence-electron chi connectivity index (χ2n) is 7.04. The minimum Gasteiger partial charge on any atom is -0.329 e. The molecule has 2 aliphatic rings. The van der Waals surface area contributed by atoms with E-state index in [0.717, 1.165) is 13.0 Å². The lowest BCUT2D eigenvalue weighted by atomic mass is 9.69. The summed E-state index contributed by atoms with van der Waals surface area (Å²) in [6.45, 7) is 1.42. The van der Waals surface area contributed by atoms with E-state index in [1.807, 2.05) is 4.90 Å². The van der Waals surface area contributed by atoms with Crippen LogP contribution in [0.25, 0.3) is 0 Å². The van der Waals surface area contributed by atoms with E-state index in [9.17, 15) is 4.79 Å². The van der Waals surface area contributed by atoms with E-state index in [1.54, 1.807) is 0 Å². The van der Waals surface area contributed by atoms with E-state index in [4.69, 9.17) is 0 Å². The van der Waals surface area contributed by atoms with Gasteiger partial charge in [-0.25, -0.2) is 0 Å². The van der Waals surface area contributed by atoms with Gasteiger partial charge in [-0.3, -0.25) is 10.1 Å². The summed E-state index contributed by atoms with van der Waals surface area (Å²) in [5.74, 6) is 0.269. The van der Waals surface area contributed by atoms with Gasteiger partial charge >= 0.3 is 0 Å². The molecule has 1 amide bonds. The molecule has 0 unspecified atom stereocenters. The molecule has 2 fully saturated rings. The molecule has 1 heterocycles. The molecule has 0 aromatic heterocycles. The maximum absolute atomic E-state index is 12.5. The highest BCUT2D eigenvalue weighted by atomic mass is 35.5. The first-order valence-electron chi connectivity index (χ1n) is 8.90. The molecule has 1 aliphatic carbocycles. The molecule has 1 N–H and O–H groups in total. The Balaban J connectivity index is 0.00000182. The summed E-state index contributed by atoms with van der Waals surface area (Å²) in [5.41, 5.74) is 2.50. The van der Waals surface area contributed by atoms with Crippen molar-refractivity contribution in [3.8, 4) is 0 Å². The van der Waals surface area contributed by atoms with Crippen molar-refractivity contribution in [3.63, 3.8) is 0 Å². The van der Waals surface area contributed by atoms with Crippen LogP contribution in [0.1, 0.15) is 36.8 Å². The molecule has 2 aromatic carbocycles. The number of carbonyl (C=O) groups is 1. The fraction of sp³-hybridized carbons (Fsp3) is 0.381. The topological polar surface area (TPSA) is 32.3 Å². The Morgan fingerprint density at radius 3 is 2.04 bits per heavy atom. The lowest BCUT2D eigenvalue weighted by Gasteiger charge is -2.43. The van der Waals surface area contributed by atoms with Crippen LogP contribution >= 0.6 is 12.4 Å². The van der Waals surface area contributed by atoms with E-state index < -0.39 is 0 Å². The predicted molar refractivity (Wildman–Crippen MR) is 103 cm³/mol. The van der Waals surface area contributed by atoms with Gasteiger partial charge in [-0.2, -0.15) is 0 Å². The maximum atomic E-state index is 12.5. The molecule has 2 aromatic rings. The zero-order valence-electron chi connectivity index (χ0n) is 14.4. The Bertz CT molecular complexity index is 661. The van der Waals surface area contributed by atoms with Crippen LogP contribution in [0, 0.1) is 0 Å². The van der Waals surface area contributed by atoms with Gasteiger partial charge in [0.15, 0.2) is 0 Å². The second-order valence-corrected chi connectivity index (χ2v) is 7.04. The Kier molecular flexibility index (Phi) is 5.45. The van der Waals surface area contributed by atoms with Gasteiger partial charge in [-0.15, -0.1) is 12.4 Å². The number of hydrogen-bond donors (Lipinski definition) is 1. The summed E-state index contributed by atoms with van der Waals surface area (Å²) in [5, 5.41) is 3.50. The number of rotatable bonds is 5. The van der Waals surface area contributed by atoms with E-state index in [0.29, 0.717) is 19.1 Å². The average Bonchev–Trinajstić information content (AvgIpc) is 3.47. The minimum atomic E-state index is -0.109. The zero-order chi connectivity index (χ0) is 16.4. The molecule has 3 nitrogen and oxygen atoms in total. The molecule has 4 heteroatoms. The van der Waals surface area contributed by atoms with E-state index in [1.165, 1.54) is 24.0 Å². The maximum Gasteiger partial charge on any atom is 0.223 e. The summed E-state index contributed by atoms with van der Waals surface area (Å²) in [6.07, 6.45) is 3.96. The van der Waals surface area contributed by atoms with Crippen LogP contribution in [-0.4, -0.2) is 30.1 Å². The Morgan fingerprint density at radius 2 is 1.52 bits per heavy atom. The van der Waals surface area contributed by atoms with Crippen molar-refractivity contribution in [1.29, 1.82) is 0 Å². The molecular weight excluding hydrogens is 332 g/mol. The van der Waals surface area contributed by atoms with Gasteiger partial charge in [0.25, 0.3) is 0 Å². The monoisotopic (exact) mass is 356 g/mol. The van der Waals surface area contributed by atoms with Crippen molar-refractivity contribution in [2.24, 2.45) is 0 Å². The highest BCUT2D eigenvalue weighted by Gasteiger charge is 2.41. The van der Waals surface area contributed by atoms with Gasteiger partial charge in [0.2, 0.25) is 5.91 Å². The smallest absolute Gasteiger partial charge is 0.223 e. The fourth-order valence-electron chi connectivity index (χ4n) is 3.79. The van der Waals surface area contributed by atoms with E-state index in [-0.39, 0.29) is 23.7 Å². The van der Waals surface area contributed by atoms with Crippen molar-refractivity contribution in [2.75, 3.05) is 13.2 Å². The predicted octanol–water partition coefficient (Wildman–Crippen LogP) is 3.73. The van der Waals surface area contributed by atoms with Crippen molar-refractivity contribution < 1.29 is 4.79 Å². The molecule has 25 heavy (non-hydrogen) atoms. The van der Waals surface area contributed by atoms with Gasteiger partial charge in [-0.05, 0) is 30.4 Å². The summed E-state index contributed by atoms with van der Waals surface area (Å²) in [6, 6.07) is 21.9. The number of amides is 1. The third-order valence-electron chi connectivity index (χ3n) is 5.38. The van der Waals surface area contributed by atoms with Crippen LogP contribution < -0.4 is 5.32 Å². The standard InChI is InChI=1S/C21H24N2O.ClH/c24-20-13-14-21(17-7-3-1-4-8-17,18-9-5-2-6-10-18)15-23(20)16-22-19-11-12-19;/h1-10,19,22H,11-16H2;1H. The van der Waals surface area contributed by atoms with Crippen LogP contribution in [0.4, 0.5) is 0 Å². The number of nitrogens with zero attached hydrogens (tertiary/aromatic N) is 1. The van der Waals surface area contributed by atoms with Crippen LogP contribution in [0.2, 0.25) is 0 Å². The fourth-order valence-corrected chi connectivity index (χ4v) is 3.79. The molecule has 0 atom stereocenters. The normalized spacial score (nSPS) is 19.4. The molecule has 132 valence electrons. The van der Waals surface area contributed by atoms with Crippen LogP contribution in [0.5, 0.6) is 0 Å².